The minimum Gasteiger partial charge on any atom is -0.344 e. The average Bonchev–Trinajstić information content (AvgIpc) is 2.72. The van der Waals surface area contributed by atoms with Crippen LogP contribution in [0.1, 0.15) is 15.9 Å². The van der Waals surface area contributed by atoms with Crippen molar-refractivity contribution >= 4 is 17.5 Å². The predicted molar refractivity (Wildman–Crippen MR) is 102 cm³/mol. The fourth-order valence-electron chi connectivity index (χ4n) is 2.54. The minimum absolute atomic E-state index is 0.137. The maximum absolute atomic E-state index is 12.6. The molecule has 0 saturated carbocycles. The Bertz CT molecular complexity index is 837. The summed E-state index contributed by atoms with van der Waals surface area (Å²) in [6, 6.07) is 13.5. The first-order valence-electron chi connectivity index (χ1n) is 8.40. The highest BCUT2D eigenvalue weighted by Gasteiger charge is 2.15. The monoisotopic (exact) mass is 347 g/mol. The smallest absolute Gasteiger partial charge is 0.261 e. The number of carbonyl (C=O) groups excluding carboxylic acids is 1. The summed E-state index contributed by atoms with van der Waals surface area (Å²) in [6.07, 6.45) is 7.60. The van der Waals surface area contributed by atoms with Gasteiger partial charge in [0.05, 0.1) is 5.56 Å². The molecule has 6 nitrogen and oxygen atoms in total. The summed E-state index contributed by atoms with van der Waals surface area (Å²) in [7, 11) is 3.68. The van der Waals surface area contributed by atoms with E-state index in [9.17, 15) is 4.79 Å². The van der Waals surface area contributed by atoms with Crippen LogP contribution in [0.15, 0.2) is 67.3 Å². The Labute approximate surface area is 153 Å². The van der Waals surface area contributed by atoms with E-state index in [4.69, 9.17) is 0 Å². The molecule has 132 valence electrons. The number of carbonyl (C=O) groups is 1. The topological polar surface area (TPSA) is 62.2 Å². The number of pyridine rings is 1. The summed E-state index contributed by atoms with van der Waals surface area (Å²) in [4.78, 5) is 28.8. The van der Waals surface area contributed by atoms with Gasteiger partial charge in [0.25, 0.3) is 5.91 Å². The molecule has 0 bridgehead atoms. The summed E-state index contributed by atoms with van der Waals surface area (Å²) in [5.74, 6) is 0.458. The van der Waals surface area contributed by atoms with Gasteiger partial charge in [0.15, 0.2) is 0 Å². The molecule has 3 rings (SSSR count). The van der Waals surface area contributed by atoms with Gasteiger partial charge >= 0.3 is 0 Å². The number of aromatic nitrogens is 3. The lowest BCUT2D eigenvalue weighted by atomic mass is 10.2. The van der Waals surface area contributed by atoms with Gasteiger partial charge in [-0.1, -0.05) is 18.2 Å². The zero-order valence-electron chi connectivity index (χ0n) is 14.9. The van der Waals surface area contributed by atoms with E-state index in [1.54, 1.807) is 36.7 Å². The summed E-state index contributed by atoms with van der Waals surface area (Å²) < 4.78 is 0. The fourth-order valence-corrected chi connectivity index (χ4v) is 2.54. The summed E-state index contributed by atoms with van der Waals surface area (Å²) in [5, 5.41) is 0. The second kappa shape index (κ2) is 8.20. The van der Waals surface area contributed by atoms with Crippen molar-refractivity contribution in [1.29, 1.82) is 0 Å². The van der Waals surface area contributed by atoms with Crippen LogP contribution >= 0.6 is 0 Å². The van der Waals surface area contributed by atoms with Gasteiger partial charge in [-0.2, -0.15) is 0 Å². The van der Waals surface area contributed by atoms with Crippen molar-refractivity contribution in [2.45, 2.75) is 6.42 Å². The van der Waals surface area contributed by atoms with Crippen molar-refractivity contribution in [2.24, 2.45) is 0 Å². The molecule has 0 aliphatic carbocycles. The second-order valence-corrected chi connectivity index (χ2v) is 6.00. The van der Waals surface area contributed by atoms with E-state index in [1.807, 2.05) is 54.4 Å². The summed E-state index contributed by atoms with van der Waals surface area (Å²) >= 11 is 0. The first-order chi connectivity index (χ1) is 12.6. The van der Waals surface area contributed by atoms with Gasteiger partial charge in [0.1, 0.15) is 0 Å². The molecule has 0 saturated heterocycles. The van der Waals surface area contributed by atoms with Crippen molar-refractivity contribution in [1.82, 2.24) is 15.0 Å². The Balaban J connectivity index is 1.63. The molecule has 26 heavy (non-hydrogen) atoms. The van der Waals surface area contributed by atoms with Crippen LogP contribution in [0.5, 0.6) is 0 Å². The van der Waals surface area contributed by atoms with E-state index in [0.29, 0.717) is 11.5 Å². The number of amides is 1. The normalized spacial score (nSPS) is 10.4. The van der Waals surface area contributed by atoms with Gasteiger partial charge < -0.3 is 9.80 Å². The van der Waals surface area contributed by atoms with Crippen molar-refractivity contribution in [3.63, 3.8) is 0 Å². The van der Waals surface area contributed by atoms with Crippen LogP contribution < -0.4 is 9.80 Å². The van der Waals surface area contributed by atoms with Crippen LogP contribution in [-0.4, -0.2) is 41.5 Å². The maximum Gasteiger partial charge on any atom is 0.261 e. The van der Waals surface area contributed by atoms with Crippen molar-refractivity contribution in [2.75, 3.05) is 30.4 Å². The van der Waals surface area contributed by atoms with Crippen LogP contribution in [-0.2, 0) is 6.42 Å². The Morgan fingerprint density at radius 1 is 0.962 bits per heavy atom. The third kappa shape index (κ3) is 4.22. The number of para-hydroxylation sites is 1. The van der Waals surface area contributed by atoms with Gasteiger partial charge in [0.2, 0.25) is 5.95 Å². The minimum atomic E-state index is -0.137. The zero-order valence-corrected chi connectivity index (χ0v) is 14.9. The highest BCUT2D eigenvalue weighted by atomic mass is 16.2. The van der Waals surface area contributed by atoms with E-state index >= 15 is 0 Å². The summed E-state index contributed by atoms with van der Waals surface area (Å²) in [5.41, 5.74) is 2.50. The Morgan fingerprint density at radius 3 is 2.27 bits per heavy atom. The Hall–Kier alpha value is -3.28. The molecule has 2 aromatic heterocycles. The third-order valence-corrected chi connectivity index (χ3v) is 4.16. The molecule has 0 fully saturated rings. The lowest BCUT2D eigenvalue weighted by Gasteiger charge is -2.19. The van der Waals surface area contributed by atoms with Crippen LogP contribution in [0.25, 0.3) is 0 Å². The molecule has 1 aromatic carbocycles. The van der Waals surface area contributed by atoms with Crippen LogP contribution in [0.3, 0.4) is 0 Å². The fraction of sp³-hybridized carbons (Fsp3) is 0.200. The molecule has 0 radical (unpaired) electrons. The quantitative estimate of drug-likeness (QED) is 0.686. The second-order valence-electron chi connectivity index (χ2n) is 6.00. The van der Waals surface area contributed by atoms with E-state index < -0.39 is 0 Å². The van der Waals surface area contributed by atoms with Crippen LogP contribution in [0, 0.1) is 0 Å². The largest absolute Gasteiger partial charge is 0.344 e. The molecular formula is C20H21N5O. The van der Waals surface area contributed by atoms with Gasteiger partial charge in [-0.25, -0.2) is 9.97 Å². The predicted octanol–water partition coefficient (Wildman–Crippen LogP) is 2.83. The number of hydrogen-bond donors (Lipinski definition) is 0. The van der Waals surface area contributed by atoms with Gasteiger partial charge in [-0.05, 0) is 36.2 Å². The van der Waals surface area contributed by atoms with E-state index in [0.717, 1.165) is 18.7 Å². The molecule has 0 N–H and O–H groups in total. The number of nitrogens with zero attached hydrogens (tertiary/aromatic N) is 5. The number of anilines is 2. The van der Waals surface area contributed by atoms with E-state index in [2.05, 4.69) is 15.0 Å². The van der Waals surface area contributed by atoms with Crippen molar-refractivity contribution in [3.05, 3.63) is 78.4 Å². The molecular weight excluding hydrogens is 326 g/mol. The molecule has 0 aliphatic rings. The van der Waals surface area contributed by atoms with Gasteiger partial charge in [0, 0.05) is 51.1 Å². The van der Waals surface area contributed by atoms with Crippen LogP contribution in [0.2, 0.25) is 0 Å². The van der Waals surface area contributed by atoms with Gasteiger partial charge in [-0.15, -0.1) is 0 Å². The Kier molecular flexibility index (Phi) is 5.53. The van der Waals surface area contributed by atoms with Crippen LogP contribution in [0.4, 0.5) is 11.6 Å². The van der Waals surface area contributed by atoms with Crippen molar-refractivity contribution in [3.8, 4) is 0 Å². The molecule has 1 amide bonds. The zero-order chi connectivity index (χ0) is 18.4. The highest BCUT2D eigenvalue weighted by Crippen LogP contribution is 2.15. The average molecular weight is 347 g/mol. The lowest BCUT2D eigenvalue weighted by molar-refractivity contribution is 0.0992. The lowest BCUT2D eigenvalue weighted by Crippen LogP contribution is -2.27. The highest BCUT2D eigenvalue weighted by molar-refractivity contribution is 6.05. The molecule has 2 heterocycles. The number of benzene rings is 1. The first-order valence-corrected chi connectivity index (χ1v) is 8.40. The number of likely N-dealkylation sites (N-methyl/N-ethyl adjacent to an activating group) is 1. The summed E-state index contributed by atoms with van der Waals surface area (Å²) in [6.45, 7) is 0.779. The molecule has 0 atom stereocenters. The first kappa shape index (κ1) is 17.5. The number of rotatable bonds is 6. The SMILES string of the molecule is CN(CCc1ccncc1)c1ncc(C(=O)N(C)c2ccccc2)cn1. The van der Waals surface area contributed by atoms with Crippen molar-refractivity contribution < 1.29 is 4.79 Å². The Morgan fingerprint density at radius 2 is 1.62 bits per heavy atom. The molecule has 6 heteroatoms. The molecule has 3 aromatic rings. The maximum atomic E-state index is 12.6. The van der Waals surface area contributed by atoms with E-state index in [1.165, 1.54) is 5.56 Å². The third-order valence-electron chi connectivity index (χ3n) is 4.16. The van der Waals surface area contributed by atoms with E-state index in [-0.39, 0.29) is 5.91 Å². The standard InChI is InChI=1S/C20H21N5O/c1-24(13-10-16-8-11-21-12-9-16)20-22-14-17(15-23-20)19(26)25(2)18-6-4-3-5-7-18/h3-9,11-12,14-15H,10,13H2,1-2H3. The molecule has 0 aliphatic heterocycles. The number of hydrogen-bond acceptors (Lipinski definition) is 5. The van der Waals surface area contributed by atoms with Gasteiger partial charge in [-0.3, -0.25) is 9.78 Å². The molecule has 0 spiro atoms. The molecule has 0 unspecified atom stereocenters.